The zero-order valence-electron chi connectivity index (χ0n) is 27.8. The van der Waals surface area contributed by atoms with Crippen molar-refractivity contribution >= 4 is 27.9 Å². The summed E-state index contributed by atoms with van der Waals surface area (Å²) < 4.78 is 45.7. The standard InChI is InChI=1S/C32H56N8.ClHO5S2/c1-2-10-18-17(9-1)25-33-26(18)38-28-21-13-5-6-14-22(21)30(35-28)40-32-24-16-8-7-15-23(24)31(36-32)39-29-20-12-4-3-11-19(20)27(34-29)37-25;1-7(2,3)8(4,5)6/h17-40H,1-16H2;(H,4,5,6). The Morgan fingerprint density at radius 1 is 0.354 bits per heavy atom. The molecule has 0 amide bonds. The van der Waals surface area contributed by atoms with E-state index in [0.29, 0.717) is 49.3 Å². The lowest BCUT2D eigenvalue weighted by atomic mass is 9.76. The lowest BCUT2D eigenvalue weighted by Crippen LogP contribution is -2.61. The van der Waals surface area contributed by atoms with Crippen molar-refractivity contribution in [1.29, 1.82) is 0 Å². The summed E-state index contributed by atoms with van der Waals surface area (Å²) in [7, 11) is -5.80. The van der Waals surface area contributed by atoms with Crippen molar-refractivity contribution in [3.8, 4) is 0 Å². The van der Waals surface area contributed by atoms with Gasteiger partial charge in [0.2, 0.25) is 0 Å². The summed E-state index contributed by atoms with van der Waals surface area (Å²) >= 11 is 0. The van der Waals surface area contributed by atoms with E-state index >= 15 is 0 Å². The molecule has 5 saturated heterocycles. The van der Waals surface area contributed by atoms with E-state index in [9.17, 15) is 16.8 Å². The van der Waals surface area contributed by atoms with E-state index in [1.54, 1.807) is 0 Å². The summed E-state index contributed by atoms with van der Waals surface area (Å²) in [6.45, 7) is 0. The third-order valence-electron chi connectivity index (χ3n) is 14.0. The fourth-order valence-corrected chi connectivity index (χ4v) is 12.0. The van der Waals surface area contributed by atoms with Gasteiger partial charge in [-0.25, -0.2) is 0 Å². The van der Waals surface area contributed by atoms with Crippen molar-refractivity contribution < 1.29 is 21.4 Å². The summed E-state index contributed by atoms with van der Waals surface area (Å²) in [6.07, 6.45) is 25.6. The Morgan fingerprint density at radius 3 is 0.583 bits per heavy atom. The second-order valence-electron chi connectivity index (χ2n) is 16.4. The highest BCUT2D eigenvalue weighted by Gasteiger charge is 2.54. The molecule has 8 bridgehead atoms. The Morgan fingerprint density at radius 2 is 0.479 bits per heavy atom. The summed E-state index contributed by atoms with van der Waals surface area (Å²) in [5.74, 6) is 5.97. The molecule has 9 rings (SSSR count). The van der Waals surface area contributed by atoms with Gasteiger partial charge in [-0.2, -0.15) is 16.8 Å². The predicted molar refractivity (Wildman–Crippen MR) is 184 cm³/mol. The van der Waals surface area contributed by atoms with Crippen LogP contribution < -0.4 is 42.5 Å². The normalized spacial score (nSPS) is 50.3. The van der Waals surface area contributed by atoms with Gasteiger partial charge in [-0.15, -0.1) is 0 Å². The molecule has 9 N–H and O–H groups in total. The molecule has 0 spiro atoms. The molecule has 0 aromatic heterocycles. The van der Waals surface area contributed by atoms with Crippen molar-refractivity contribution in [2.24, 2.45) is 47.3 Å². The summed E-state index contributed by atoms with van der Waals surface area (Å²) in [5.41, 5.74) is 0. The van der Waals surface area contributed by atoms with E-state index in [4.69, 9.17) is 4.55 Å². The molecule has 0 aromatic rings. The van der Waals surface area contributed by atoms with Crippen LogP contribution in [0.5, 0.6) is 0 Å². The first-order valence-electron chi connectivity index (χ1n) is 19.1. The molecule has 274 valence electrons. The van der Waals surface area contributed by atoms with Gasteiger partial charge < -0.3 is 0 Å². The minimum Gasteiger partial charge on any atom is -0.286 e. The Kier molecular flexibility index (Phi) is 10.2. The number of fused-ring (bicyclic) bond motifs is 20. The zero-order chi connectivity index (χ0) is 33.2. The van der Waals surface area contributed by atoms with E-state index in [1.165, 1.54) is 103 Å². The molecule has 8 unspecified atom stereocenters. The Labute approximate surface area is 290 Å². The van der Waals surface area contributed by atoms with E-state index in [2.05, 4.69) is 53.2 Å². The van der Waals surface area contributed by atoms with E-state index in [0.717, 1.165) is 47.3 Å². The van der Waals surface area contributed by atoms with Crippen molar-refractivity contribution in [3.05, 3.63) is 0 Å². The molecule has 8 atom stereocenters. The monoisotopic (exact) mass is 732 g/mol. The van der Waals surface area contributed by atoms with Gasteiger partial charge in [-0.05, 0) is 98.7 Å². The van der Waals surface area contributed by atoms with E-state index in [-0.39, 0.29) is 0 Å². The first-order chi connectivity index (χ1) is 23.0. The third-order valence-corrected chi connectivity index (χ3v) is 17.5. The van der Waals surface area contributed by atoms with Gasteiger partial charge in [-0.3, -0.25) is 47.1 Å². The maximum Gasteiger partial charge on any atom is 0.386 e. The van der Waals surface area contributed by atoms with Gasteiger partial charge in [0, 0.05) is 10.7 Å². The van der Waals surface area contributed by atoms with Crippen molar-refractivity contribution in [2.45, 2.75) is 152 Å². The minimum absolute atomic E-state index is 0.420. The quantitative estimate of drug-likeness (QED) is 0.108. The van der Waals surface area contributed by atoms with Crippen LogP contribution in [0.4, 0.5) is 0 Å². The minimum atomic E-state index is -5.10. The highest BCUT2D eigenvalue weighted by molar-refractivity contribution is 8.73. The average Bonchev–Trinajstić information content (AvgIpc) is 3.80. The maximum atomic E-state index is 9.58. The first-order valence-corrected chi connectivity index (χ1v) is 23.3. The molecule has 13 nitrogen and oxygen atoms in total. The second-order valence-corrected chi connectivity index (χ2v) is 22.4. The number of nitrogens with one attached hydrogen (secondary N) is 8. The van der Waals surface area contributed by atoms with Crippen LogP contribution in [-0.4, -0.2) is 70.7 Å². The molecule has 4 saturated carbocycles. The fraction of sp³-hybridized carbons (Fsp3) is 1.00. The van der Waals surface area contributed by atoms with Gasteiger partial charge in [0.1, 0.15) is 0 Å². The van der Waals surface area contributed by atoms with Crippen LogP contribution in [0.15, 0.2) is 0 Å². The highest BCUT2D eigenvalue weighted by Crippen LogP contribution is 2.45. The predicted octanol–water partition coefficient (Wildman–Crippen LogP) is 1.96. The lowest BCUT2D eigenvalue weighted by molar-refractivity contribution is 0.167. The topological polar surface area (TPSA) is 185 Å². The smallest absolute Gasteiger partial charge is 0.286 e. The van der Waals surface area contributed by atoms with Gasteiger partial charge in [0.25, 0.3) is 0 Å². The largest absolute Gasteiger partial charge is 0.386 e. The molecule has 16 heteroatoms. The average molecular weight is 733 g/mol. The maximum absolute atomic E-state index is 9.58. The molecular formula is C32H57ClN8O5S2. The van der Waals surface area contributed by atoms with E-state index in [1.807, 2.05) is 0 Å². The lowest BCUT2D eigenvalue weighted by Gasteiger charge is -2.35. The highest BCUT2D eigenvalue weighted by atomic mass is 35.8. The molecular weight excluding hydrogens is 676 g/mol. The van der Waals surface area contributed by atoms with Crippen LogP contribution in [0.3, 0.4) is 0 Å². The van der Waals surface area contributed by atoms with E-state index < -0.39 is 17.2 Å². The van der Waals surface area contributed by atoms with Crippen molar-refractivity contribution in [3.63, 3.8) is 0 Å². The molecule has 5 heterocycles. The number of hydrogen-bond donors (Lipinski definition) is 9. The van der Waals surface area contributed by atoms with Crippen LogP contribution in [0, 0.1) is 47.3 Å². The third kappa shape index (κ3) is 6.75. The van der Waals surface area contributed by atoms with Gasteiger partial charge in [0.05, 0.1) is 49.3 Å². The molecule has 0 aromatic carbocycles. The number of rotatable bonds is 1. The molecule has 4 aliphatic carbocycles. The molecule has 9 fully saturated rings. The molecule has 0 radical (unpaired) electrons. The Balaban J connectivity index is 0.000000377. The van der Waals surface area contributed by atoms with Crippen molar-refractivity contribution in [2.75, 3.05) is 0 Å². The van der Waals surface area contributed by atoms with Crippen molar-refractivity contribution in [1.82, 2.24) is 42.5 Å². The summed E-state index contributed by atoms with van der Waals surface area (Å²) in [6, 6.07) is 0. The van der Waals surface area contributed by atoms with Gasteiger partial charge >= 0.3 is 17.2 Å². The SMILES string of the molecule is C1CCC2C3NC(NC4NC(NC5NC(NC6NC(N3)C3CCCCC63)C3CCCCC53)C3CCCCC43)C2C1.O=S(=O)(O)S(=O)(=O)Cl. The number of hydrogen-bond acceptors (Lipinski definition) is 12. The number of halogens is 1. The van der Waals surface area contributed by atoms with Crippen LogP contribution in [0.25, 0.3) is 0 Å². The van der Waals surface area contributed by atoms with Gasteiger partial charge in [0.15, 0.2) is 0 Å². The van der Waals surface area contributed by atoms with Crippen LogP contribution >= 0.6 is 10.7 Å². The summed E-state index contributed by atoms with van der Waals surface area (Å²) in [5, 5.41) is 33.8. The summed E-state index contributed by atoms with van der Waals surface area (Å²) in [4.78, 5) is 0. The first kappa shape index (κ1) is 34.9. The van der Waals surface area contributed by atoms with Gasteiger partial charge in [-0.1, -0.05) is 51.4 Å². The fourth-order valence-electron chi connectivity index (χ4n) is 12.0. The zero-order valence-corrected chi connectivity index (χ0v) is 30.2. The molecule has 48 heavy (non-hydrogen) atoms. The molecule has 5 aliphatic heterocycles. The van der Waals surface area contributed by atoms with Crippen LogP contribution in [0.2, 0.25) is 0 Å². The van der Waals surface area contributed by atoms with Crippen LogP contribution in [0.1, 0.15) is 103 Å². The Bertz CT molecular complexity index is 1140. The molecule has 9 aliphatic rings. The second kappa shape index (κ2) is 14.0. The van der Waals surface area contributed by atoms with Crippen LogP contribution in [-0.2, 0) is 17.2 Å². The Hall–Kier alpha value is -0.170.